The van der Waals surface area contributed by atoms with Crippen LogP contribution in [0, 0.1) is 0 Å². The summed E-state index contributed by atoms with van der Waals surface area (Å²) in [7, 11) is 0. The largest absolute Gasteiger partial charge is 0.440 e. The standard InChI is InChI=1S/C7H11N3O2/c1-5(12-6(2)11)10-4-3-7(8)9-10/h3-5H,1-2H3,(H2,8,9). The van der Waals surface area contributed by atoms with Crippen LogP contribution in [0.2, 0.25) is 0 Å². The van der Waals surface area contributed by atoms with Gasteiger partial charge in [-0.05, 0) is 6.92 Å². The van der Waals surface area contributed by atoms with Crippen LogP contribution < -0.4 is 5.73 Å². The summed E-state index contributed by atoms with van der Waals surface area (Å²) in [4.78, 5) is 10.5. The van der Waals surface area contributed by atoms with Crippen LogP contribution in [0.1, 0.15) is 20.1 Å². The van der Waals surface area contributed by atoms with Crippen molar-refractivity contribution in [3.8, 4) is 0 Å². The van der Waals surface area contributed by atoms with Gasteiger partial charge in [-0.15, -0.1) is 0 Å². The molecule has 1 atom stereocenters. The van der Waals surface area contributed by atoms with Crippen LogP contribution in [0.4, 0.5) is 5.82 Å². The summed E-state index contributed by atoms with van der Waals surface area (Å²) in [5.74, 6) is 0.0746. The normalized spacial score (nSPS) is 12.5. The van der Waals surface area contributed by atoms with Crippen LogP contribution in [-0.2, 0) is 9.53 Å². The molecule has 0 saturated carbocycles. The molecule has 0 aliphatic rings. The van der Waals surface area contributed by atoms with E-state index in [1.807, 2.05) is 0 Å². The fourth-order valence-electron chi connectivity index (χ4n) is 0.849. The molecule has 0 bridgehead atoms. The summed E-state index contributed by atoms with van der Waals surface area (Å²) in [5, 5.41) is 3.88. The van der Waals surface area contributed by atoms with Gasteiger partial charge in [0.2, 0.25) is 0 Å². The number of esters is 1. The Bertz CT molecular complexity index is 282. The minimum atomic E-state index is -0.403. The highest BCUT2D eigenvalue weighted by Crippen LogP contribution is 2.07. The van der Waals surface area contributed by atoms with Gasteiger partial charge in [-0.2, -0.15) is 5.10 Å². The van der Waals surface area contributed by atoms with Gasteiger partial charge in [0.1, 0.15) is 5.82 Å². The molecule has 1 aromatic heterocycles. The third kappa shape index (κ3) is 1.98. The van der Waals surface area contributed by atoms with E-state index < -0.39 is 6.23 Å². The molecule has 1 aromatic rings. The minimum absolute atomic E-state index is 0.337. The van der Waals surface area contributed by atoms with Gasteiger partial charge < -0.3 is 10.5 Å². The first-order valence-electron chi connectivity index (χ1n) is 3.57. The van der Waals surface area contributed by atoms with Gasteiger partial charge in [0.05, 0.1) is 0 Å². The molecule has 5 nitrogen and oxygen atoms in total. The highest BCUT2D eigenvalue weighted by atomic mass is 16.6. The second-order valence-electron chi connectivity index (χ2n) is 2.43. The number of carbonyl (C=O) groups excluding carboxylic acids is 1. The second kappa shape index (κ2) is 3.25. The predicted molar refractivity (Wildman–Crippen MR) is 43.1 cm³/mol. The minimum Gasteiger partial charge on any atom is -0.440 e. The summed E-state index contributed by atoms with van der Waals surface area (Å²) in [5.41, 5.74) is 5.37. The molecule has 0 radical (unpaired) electrons. The number of ether oxygens (including phenoxy) is 1. The number of rotatable bonds is 2. The number of nitrogen functional groups attached to an aromatic ring is 1. The molecular weight excluding hydrogens is 158 g/mol. The molecule has 0 aromatic carbocycles. The first kappa shape index (κ1) is 8.58. The van der Waals surface area contributed by atoms with E-state index in [0.717, 1.165) is 0 Å². The highest BCUT2D eigenvalue weighted by Gasteiger charge is 2.07. The third-order valence-electron chi connectivity index (χ3n) is 1.34. The van der Waals surface area contributed by atoms with E-state index in [9.17, 15) is 4.79 Å². The molecule has 12 heavy (non-hydrogen) atoms. The van der Waals surface area contributed by atoms with Crippen molar-refractivity contribution in [2.75, 3.05) is 5.73 Å². The second-order valence-corrected chi connectivity index (χ2v) is 2.43. The van der Waals surface area contributed by atoms with Crippen molar-refractivity contribution in [3.63, 3.8) is 0 Å². The van der Waals surface area contributed by atoms with E-state index in [1.165, 1.54) is 11.6 Å². The quantitative estimate of drug-likeness (QED) is 0.656. The van der Waals surface area contributed by atoms with Crippen LogP contribution in [0.5, 0.6) is 0 Å². The summed E-state index contributed by atoms with van der Waals surface area (Å²) < 4.78 is 6.34. The maximum atomic E-state index is 10.5. The van der Waals surface area contributed by atoms with Crippen molar-refractivity contribution in [2.45, 2.75) is 20.1 Å². The van der Waals surface area contributed by atoms with E-state index in [1.54, 1.807) is 19.2 Å². The van der Waals surface area contributed by atoms with Crippen molar-refractivity contribution in [1.82, 2.24) is 9.78 Å². The molecule has 1 unspecified atom stereocenters. The summed E-state index contributed by atoms with van der Waals surface area (Å²) in [6.07, 6.45) is 1.25. The topological polar surface area (TPSA) is 70.1 Å². The van der Waals surface area contributed by atoms with Gasteiger partial charge in [0.15, 0.2) is 6.23 Å². The molecule has 1 heterocycles. The lowest BCUT2D eigenvalue weighted by atomic mass is 10.6. The number of nitrogens with two attached hydrogens (primary N) is 1. The molecule has 0 amide bonds. The number of nitrogens with zero attached hydrogens (tertiary/aromatic N) is 2. The zero-order valence-corrected chi connectivity index (χ0v) is 7.02. The monoisotopic (exact) mass is 169 g/mol. The van der Waals surface area contributed by atoms with Crippen molar-refractivity contribution in [2.24, 2.45) is 0 Å². The van der Waals surface area contributed by atoms with Crippen LogP contribution in [0.15, 0.2) is 12.3 Å². The number of carbonyl (C=O) groups is 1. The maximum absolute atomic E-state index is 10.5. The molecule has 0 aliphatic carbocycles. The molecule has 0 aliphatic heterocycles. The van der Waals surface area contributed by atoms with Crippen LogP contribution in [0.3, 0.4) is 0 Å². The average molecular weight is 169 g/mol. The Morgan fingerprint density at radius 3 is 2.92 bits per heavy atom. The zero-order chi connectivity index (χ0) is 9.14. The Labute approximate surface area is 70.1 Å². The van der Waals surface area contributed by atoms with Crippen molar-refractivity contribution < 1.29 is 9.53 Å². The van der Waals surface area contributed by atoms with Gasteiger partial charge in [-0.1, -0.05) is 0 Å². The molecule has 0 spiro atoms. The van der Waals surface area contributed by atoms with E-state index in [-0.39, 0.29) is 5.97 Å². The molecule has 5 heteroatoms. The van der Waals surface area contributed by atoms with Crippen LogP contribution in [-0.4, -0.2) is 15.7 Å². The Morgan fingerprint density at radius 1 is 1.83 bits per heavy atom. The SMILES string of the molecule is CC(=O)OC(C)n1ccc(N)n1. The summed E-state index contributed by atoms with van der Waals surface area (Å²) in [6, 6.07) is 1.64. The fraction of sp³-hybridized carbons (Fsp3) is 0.429. The molecule has 0 saturated heterocycles. The predicted octanol–water partition coefficient (Wildman–Crippen LogP) is 0.547. The van der Waals surface area contributed by atoms with Crippen molar-refractivity contribution in [3.05, 3.63) is 12.3 Å². The van der Waals surface area contributed by atoms with Crippen LogP contribution in [0.25, 0.3) is 0 Å². The molecule has 66 valence electrons. The first-order chi connectivity index (χ1) is 5.59. The molecule has 0 fully saturated rings. The fourth-order valence-corrected chi connectivity index (χ4v) is 0.849. The van der Waals surface area contributed by atoms with Gasteiger partial charge in [0, 0.05) is 19.2 Å². The Kier molecular flexibility index (Phi) is 2.32. The molecular formula is C7H11N3O2. The first-order valence-corrected chi connectivity index (χ1v) is 3.57. The molecule has 2 N–H and O–H groups in total. The Balaban J connectivity index is 2.64. The molecule has 1 rings (SSSR count). The number of aromatic nitrogens is 2. The number of hydrogen-bond donors (Lipinski definition) is 1. The van der Waals surface area contributed by atoms with E-state index in [4.69, 9.17) is 10.5 Å². The Hall–Kier alpha value is -1.52. The van der Waals surface area contributed by atoms with Gasteiger partial charge in [0.25, 0.3) is 0 Å². The number of hydrogen-bond acceptors (Lipinski definition) is 4. The lowest BCUT2D eigenvalue weighted by Crippen LogP contribution is -2.13. The highest BCUT2D eigenvalue weighted by molar-refractivity contribution is 5.65. The lowest BCUT2D eigenvalue weighted by Gasteiger charge is -2.11. The summed E-state index contributed by atoms with van der Waals surface area (Å²) in [6.45, 7) is 3.07. The third-order valence-corrected chi connectivity index (χ3v) is 1.34. The summed E-state index contributed by atoms with van der Waals surface area (Å²) >= 11 is 0. The van der Waals surface area contributed by atoms with Gasteiger partial charge >= 0.3 is 5.97 Å². The smallest absolute Gasteiger partial charge is 0.304 e. The van der Waals surface area contributed by atoms with Crippen LogP contribution >= 0.6 is 0 Å². The van der Waals surface area contributed by atoms with Gasteiger partial charge in [-0.25, -0.2) is 4.68 Å². The average Bonchev–Trinajstić information content (AvgIpc) is 2.34. The van der Waals surface area contributed by atoms with E-state index >= 15 is 0 Å². The van der Waals surface area contributed by atoms with E-state index in [2.05, 4.69) is 5.10 Å². The number of anilines is 1. The Morgan fingerprint density at radius 2 is 2.50 bits per heavy atom. The van der Waals surface area contributed by atoms with Crippen molar-refractivity contribution in [1.29, 1.82) is 0 Å². The maximum Gasteiger partial charge on any atom is 0.304 e. The van der Waals surface area contributed by atoms with E-state index in [0.29, 0.717) is 5.82 Å². The zero-order valence-electron chi connectivity index (χ0n) is 7.02. The van der Waals surface area contributed by atoms with Crippen molar-refractivity contribution >= 4 is 11.8 Å². The van der Waals surface area contributed by atoms with Gasteiger partial charge in [-0.3, -0.25) is 4.79 Å². The lowest BCUT2D eigenvalue weighted by molar-refractivity contribution is -0.150.